The third-order valence-corrected chi connectivity index (χ3v) is 11.8. The first-order chi connectivity index (χ1) is 22.9. The number of fused-ring (bicyclic) bond motifs is 1. The lowest BCUT2D eigenvalue weighted by Gasteiger charge is -2.28. The van der Waals surface area contributed by atoms with E-state index in [1.54, 1.807) is 25.6 Å². The number of pyridine rings is 1. The third-order valence-electron chi connectivity index (χ3n) is 8.50. The van der Waals surface area contributed by atoms with Crippen molar-refractivity contribution in [1.29, 1.82) is 0 Å². The van der Waals surface area contributed by atoms with Crippen LogP contribution in [-0.4, -0.2) is 64.0 Å². The zero-order valence-electron chi connectivity index (χ0n) is 29.4. The summed E-state index contributed by atoms with van der Waals surface area (Å²) in [4.78, 5) is 9.50. The fourth-order valence-corrected chi connectivity index (χ4v) is 7.33. The Balaban J connectivity index is 1.41. The van der Waals surface area contributed by atoms with E-state index in [2.05, 4.69) is 45.1 Å². The molecular weight excluding hydrogens is 647 g/mol. The summed E-state index contributed by atoms with van der Waals surface area (Å²) in [7, 11) is 0.376. The molecule has 3 aromatic heterocycles. The standard InChI is InChI=1S/C35H51N5O6SSi/c1-34(2,3)47(41)39-28(13-9-8-10-15-35(44-18-19-45-35)32-14-17-46-38-32)33-37-24-30(40(33)25-43-20-21-48(5,6)7)27-22-26-12-11-16-36-29(26)23-31(27)42-4/h11-12,14,16-17,22-24,28,39H,8-10,13,15,18-21,25H2,1-7H3. The molecule has 1 N–H and O–H groups in total. The minimum Gasteiger partial charge on any atom is -0.598 e. The summed E-state index contributed by atoms with van der Waals surface area (Å²) >= 11 is -1.32. The summed E-state index contributed by atoms with van der Waals surface area (Å²) in [6, 6.07) is 10.6. The van der Waals surface area contributed by atoms with Crippen molar-refractivity contribution in [3.63, 3.8) is 0 Å². The predicted molar refractivity (Wildman–Crippen MR) is 191 cm³/mol. The quantitative estimate of drug-likeness (QED) is 0.0679. The van der Waals surface area contributed by atoms with Crippen LogP contribution in [0, 0.1) is 0 Å². The number of methoxy groups -OCH3 is 1. The van der Waals surface area contributed by atoms with Gasteiger partial charge in [0.25, 0.3) is 0 Å². The predicted octanol–water partition coefficient (Wildman–Crippen LogP) is 7.35. The van der Waals surface area contributed by atoms with E-state index in [-0.39, 0.29) is 6.04 Å². The number of hydrogen-bond donors (Lipinski definition) is 1. The minimum atomic E-state index is -1.32. The normalized spacial score (nSPS) is 16.4. The molecule has 48 heavy (non-hydrogen) atoms. The van der Waals surface area contributed by atoms with Crippen LogP contribution in [0.3, 0.4) is 0 Å². The van der Waals surface area contributed by atoms with E-state index in [9.17, 15) is 4.55 Å². The van der Waals surface area contributed by atoms with Crippen LogP contribution < -0.4 is 9.46 Å². The number of benzene rings is 1. The van der Waals surface area contributed by atoms with E-state index in [1.165, 1.54) is 0 Å². The highest BCUT2D eigenvalue weighted by atomic mass is 32.2. The molecule has 0 radical (unpaired) electrons. The second-order valence-electron chi connectivity index (χ2n) is 14.5. The Hall–Kier alpha value is -2.78. The zero-order valence-corrected chi connectivity index (χ0v) is 31.2. The van der Waals surface area contributed by atoms with E-state index in [1.807, 2.05) is 45.2 Å². The van der Waals surface area contributed by atoms with Crippen LogP contribution in [-0.2, 0) is 38.1 Å². The van der Waals surface area contributed by atoms with Crippen molar-refractivity contribution in [2.75, 3.05) is 26.9 Å². The second kappa shape index (κ2) is 15.8. The number of ether oxygens (including phenoxy) is 4. The Morgan fingerprint density at radius 3 is 2.58 bits per heavy atom. The van der Waals surface area contributed by atoms with Gasteiger partial charge in [0.2, 0.25) is 5.79 Å². The SMILES string of the molecule is COc1cc2ncccc2cc1-c1cnc(C(CCCCCC2(c3ccon3)OCCO2)N[S+]([O-])C(C)(C)C)n1COCC[Si](C)(C)C. The first-order valence-corrected chi connectivity index (χ1v) is 21.7. The Labute approximate surface area is 288 Å². The lowest BCUT2D eigenvalue weighted by Crippen LogP contribution is -2.42. The molecule has 11 nitrogen and oxygen atoms in total. The van der Waals surface area contributed by atoms with E-state index in [0.717, 1.165) is 59.7 Å². The Kier molecular flexibility index (Phi) is 12.0. The first-order valence-electron chi connectivity index (χ1n) is 16.8. The first kappa shape index (κ1) is 36.5. The summed E-state index contributed by atoms with van der Waals surface area (Å²) in [6.45, 7) is 15.0. The van der Waals surface area contributed by atoms with Crippen molar-refractivity contribution in [1.82, 2.24) is 24.4 Å². The molecule has 0 amide bonds. The minimum absolute atomic E-state index is 0.281. The lowest BCUT2D eigenvalue weighted by atomic mass is 10.0. The molecule has 1 aliphatic heterocycles. The molecule has 0 aliphatic carbocycles. The van der Waals surface area contributed by atoms with Gasteiger partial charge in [-0.2, -0.15) is 0 Å². The summed E-state index contributed by atoms with van der Waals surface area (Å²) in [5.41, 5.74) is 3.30. The van der Waals surface area contributed by atoms with E-state index < -0.39 is 30.0 Å². The molecule has 1 aliphatic rings. The van der Waals surface area contributed by atoms with Crippen LogP contribution in [0.4, 0.5) is 0 Å². The van der Waals surface area contributed by atoms with E-state index in [4.69, 9.17) is 28.5 Å². The number of aromatic nitrogens is 4. The Bertz CT molecular complexity index is 1600. The second-order valence-corrected chi connectivity index (χ2v) is 22.1. The van der Waals surface area contributed by atoms with E-state index >= 15 is 0 Å². The summed E-state index contributed by atoms with van der Waals surface area (Å²) in [6.07, 6.45) is 9.26. The number of hydrogen-bond acceptors (Lipinski definition) is 10. The van der Waals surface area contributed by atoms with Crippen molar-refractivity contribution in [2.45, 2.75) is 102 Å². The fraction of sp³-hybridized carbons (Fsp3) is 0.571. The fourth-order valence-electron chi connectivity index (χ4n) is 5.74. The van der Waals surface area contributed by atoms with Crippen LogP contribution in [0.2, 0.25) is 25.7 Å². The van der Waals surface area contributed by atoms with Gasteiger partial charge in [0, 0.05) is 61.7 Å². The molecule has 0 spiro atoms. The van der Waals surface area contributed by atoms with Crippen LogP contribution in [0.15, 0.2) is 53.5 Å². The highest BCUT2D eigenvalue weighted by Gasteiger charge is 2.40. The molecule has 262 valence electrons. The van der Waals surface area contributed by atoms with Crippen LogP contribution in [0.25, 0.3) is 22.2 Å². The van der Waals surface area contributed by atoms with E-state index in [0.29, 0.717) is 44.4 Å². The topological polar surface area (TPSA) is 129 Å². The van der Waals surface area contributed by atoms with Crippen molar-refractivity contribution in [2.24, 2.45) is 0 Å². The van der Waals surface area contributed by atoms with Gasteiger partial charge in [0.15, 0.2) is 0 Å². The average Bonchev–Trinajstić information content (AvgIpc) is 3.83. The molecule has 0 bridgehead atoms. The molecule has 1 fully saturated rings. The monoisotopic (exact) mass is 697 g/mol. The summed E-state index contributed by atoms with van der Waals surface area (Å²) in [5.74, 6) is 0.632. The van der Waals surface area contributed by atoms with Crippen molar-refractivity contribution in [3.05, 3.63) is 60.5 Å². The molecule has 0 saturated carbocycles. The maximum atomic E-state index is 13.6. The number of nitrogens with one attached hydrogen (secondary N) is 1. The van der Waals surface area contributed by atoms with Gasteiger partial charge in [-0.05, 0) is 51.8 Å². The molecule has 5 rings (SSSR count). The van der Waals surface area contributed by atoms with Gasteiger partial charge in [0.1, 0.15) is 41.1 Å². The number of nitrogens with zero attached hydrogens (tertiary/aromatic N) is 4. The van der Waals surface area contributed by atoms with Gasteiger partial charge in [-0.25, -0.2) is 4.98 Å². The van der Waals surface area contributed by atoms with Crippen molar-refractivity contribution in [3.8, 4) is 17.0 Å². The van der Waals surface area contributed by atoms with Crippen molar-refractivity contribution < 1.29 is 28.0 Å². The number of rotatable bonds is 17. The molecule has 4 aromatic rings. The van der Waals surface area contributed by atoms with Gasteiger partial charge in [-0.1, -0.05) is 43.7 Å². The van der Waals surface area contributed by atoms with Crippen LogP contribution >= 0.6 is 0 Å². The molecule has 1 aromatic carbocycles. The van der Waals surface area contributed by atoms with Gasteiger partial charge in [-0.3, -0.25) is 4.98 Å². The van der Waals surface area contributed by atoms with Gasteiger partial charge < -0.3 is 32.6 Å². The zero-order chi connectivity index (χ0) is 34.4. The molecular formula is C35H51N5O6SSi. The third kappa shape index (κ3) is 9.06. The molecule has 13 heteroatoms. The molecule has 1 saturated heterocycles. The van der Waals surface area contributed by atoms with Crippen molar-refractivity contribution >= 4 is 30.3 Å². The largest absolute Gasteiger partial charge is 0.598 e. The van der Waals surface area contributed by atoms with Crippen LogP contribution in [0.1, 0.15) is 70.4 Å². The lowest BCUT2D eigenvalue weighted by molar-refractivity contribution is -0.175. The summed E-state index contributed by atoms with van der Waals surface area (Å²) in [5, 5.41) is 5.10. The van der Waals surface area contributed by atoms with Gasteiger partial charge >= 0.3 is 0 Å². The Morgan fingerprint density at radius 1 is 1.10 bits per heavy atom. The maximum Gasteiger partial charge on any atom is 0.215 e. The molecule has 4 heterocycles. The van der Waals surface area contributed by atoms with Crippen LogP contribution in [0.5, 0.6) is 5.75 Å². The summed E-state index contributed by atoms with van der Waals surface area (Å²) < 4.78 is 48.0. The average molecular weight is 698 g/mol. The maximum absolute atomic E-state index is 13.6. The highest BCUT2D eigenvalue weighted by Crippen LogP contribution is 2.38. The Morgan fingerprint density at radius 2 is 1.90 bits per heavy atom. The molecule has 2 atom stereocenters. The number of unbranched alkanes of at least 4 members (excludes halogenated alkanes) is 2. The van der Waals surface area contributed by atoms with Gasteiger partial charge in [-0.15, -0.1) is 4.72 Å². The smallest absolute Gasteiger partial charge is 0.215 e. The molecule has 2 unspecified atom stereocenters. The van der Waals surface area contributed by atoms with Gasteiger partial charge in [0.05, 0.1) is 37.7 Å². The number of imidazole rings is 1. The highest BCUT2D eigenvalue weighted by molar-refractivity contribution is 7.90.